The Morgan fingerprint density at radius 2 is 1.69 bits per heavy atom. The number of fused-ring (bicyclic) bond motifs is 2. The van der Waals surface area contributed by atoms with Crippen molar-refractivity contribution < 1.29 is 27.2 Å². The van der Waals surface area contributed by atoms with E-state index in [2.05, 4.69) is 65.4 Å². The summed E-state index contributed by atoms with van der Waals surface area (Å²) in [5.74, 6) is -0.728. The molecule has 0 spiro atoms. The average Bonchev–Trinajstić information content (AvgIpc) is 3.24. The summed E-state index contributed by atoms with van der Waals surface area (Å²) in [6.07, 6.45) is -1.10. The second kappa shape index (κ2) is 9.47. The van der Waals surface area contributed by atoms with Crippen LogP contribution in [0.15, 0.2) is 17.3 Å². The van der Waals surface area contributed by atoms with Gasteiger partial charge < -0.3 is 32.4 Å². The van der Waals surface area contributed by atoms with Gasteiger partial charge in [-0.2, -0.15) is 0 Å². The van der Waals surface area contributed by atoms with Crippen LogP contribution in [0.1, 0.15) is 61.6 Å². The molecule has 4 rings (SSSR count). The molecule has 0 aliphatic carbocycles. The van der Waals surface area contributed by atoms with Crippen LogP contribution >= 0.6 is 0 Å². The fourth-order valence-electron chi connectivity index (χ4n) is 5.61. The number of rotatable bonds is 5. The van der Waals surface area contributed by atoms with E-state index in [0.717, 1.165) is 6.20 Å². The molecule has 0 amide bonds. The molecule has 196 valence electrons. The quantitative estimate of drug-likeness (QED) is 0.564. The van der Waals surface area contributed by atoms with Crippen LogP contribution in [0.3, 0.4) is 0 Å². The summed E-state index contributed by atoms with van der Waals surface area (Å²) in [5.41, 5.74) is 0.0377. The highest BCUT2D eigenvalue weighted by molar-refractivity contribution is 6.83. The Bertz CT molecular complexity index is 1100. The predicted molar refractivity (Wildman–Crippen MR) is 134 cm³/mol. The molecule has 2 N–H and O–H groups in total. The summed E-state index contributed by atoms with van der Waals surface area (Å²) in [7, 11) is -5.71. The lowest BCUT2D eigenvalue weighted by Crippen LogP contribution is -2.65. The monoisotopic (exact) mass is 527 g/mol. The molecule has 2 aromatic rings. The van der Waals surface area contributed by atoms with Crippen LogP contribution in [-0.4, -0.2) is 61.7 Å². The van der Waals surface area contributed by atoms with Gasteiger partial charge in [0.2, 0.25) is 0 Å². The average molecular weight is 528 g/mol. The van der Waals surface area contributed by atoms with Crippen molar-refractivity contribution in [2.75, 3.05) is 6.61 Å². The van der Waals surface area contributed by atoms with Crippen molar-refractivity contribution in [2.24, 2.45) is 0 Å². The van der Waals surface area contributed by atoms with Crippen molar-refractivity contribution in [3.8, 4) is 0 Å². The minimum absolute atomic E-state index is 0.0885. The largest absolute Gasteiger partial charge is 0.414 e. The second-order valence-corrected chi connectivity index (χ2v) is 19.8. The number of aromatic nitrogens is 3. The fraction of sp³-hybridized carbons (Fsp3) is 0.739. The highest BCUT2D eigenvalue weighted by Gasteiger charge is 2.61. The first-order valence-electron chi connectivity index (χ1n) is 12.4. The number of halogens is 1. The zero-order valence-electron chi connectivity index (χ0n) is 21.7. The Morgan fingerprint density at radius 1 is 1.09 bits per heavy atom. The minimum atomic E-state index is -2.95. The van der Waals surface area contributed by atoms with Crippen LogP contribution in [0.4, 0.5) is 4.39 Å². The molecule has 4 heterocycles. The standard InChI is InChI=1S/C23H38FN3O6Si2/c1-12(2)34(13(3)4)30-10-17-20(32-35(33-34,14(5)6)15(7)8)19(28)23(31-17)27-9-16(24)18-21(27)25-11-26-22(18)29/h9,11-15,17,19-20,23,28H,10H2,1-8H3,(H,25,26,29)/t17-,19-,20-,23-/m1/s1. The summed E-state index contributed by atoms with van der Waals surface area (Å²) < 4.78 is 43.1. The van der Waals surface area contributed by atoms with E-state index in [-0.39, 0.29) is 39.8 Å². The van der Waals surface area contributed by atoms with E-state index in [0.29, 0.717) is 0 Å². The Hall–Kier alpha value is -1.42. The van der Waals surface area contributed by atoms with E-state index in [4.69, 9.17) is 17.7 Å². The normalized spacial score (nSPS) is 28.7. The van der Waals surface area contributed by atoms with Gasteiger partial charge in [0.15, 0.2) is 17.7 Å². The molecule has 2 aliphatic heterocycles. The zero-order chi connectivity index (χ0) is 25.9. The Balaban J connectivity index is 1.80. The molecule has 0 saturated carbocycles. The summed E-state index contributed by atoms with van der Waals surface area (Å²) in [4.78, 5) is 18.7. The maximum Gasteiger partial charge on any atom is 0.335 e. The summed E-state index contributed by atoms with van der Waals surface area (Å²) in [5, 5.41) is 11.3. The van der Waals surface area contributed by atoms with Gasteiger partial charge in [0.25, 0.3) is 5.56 Å². The highest BCUT2D eigenvalue weighted by Crippen LogP contribution is 2.48. The van der Waals surface area contributed by atoms with Crippen molar-refractivity contribution in [2.45, 2.75) is 102 Å². The van der Waals surface area contributed by atoms with E-state index in [1.807, 2.05) is 0 Å². The van der Waals surface area contributed by atoms with Crippen LogP contribution in [0.5, 0.6) is 0 Å². The van der Waals surface area contributed by atoms with Gasteiger partial charge in [-0.05, 0) is 22.2 Å². The van der Waals surface area contributed by atoms with Gasteiger partial charge >= 0.3 is 17.1 Å². The van der Waals surface area contributed by atoms with Gasteiger partial charge in [-0.3, -0.25) is 4.79 Å². The van der Waals surface area contributed by atoms with Crippen LogP contribution in [0.2, 0.25) is 22.2 Å². The molecule has 9 nitrogen and oxygen atoms in total. The molecule has 2 aromatic heterocycles. The van der Waals surface area contributed by atoms with Crippen LogP contribution in [0.25, 0.3) is 11.0 Å². The first-order chi connectivity index (χ1) is 16.4. The third-order valence-electron chi connectivity index (χ3n) is 7.48. The maximum absolute atomic E-state index is 14.7. The molecule has 0 radical (unpaired) electrons. The van der Waals surface area contributed by atoms with Gasteiger partial charge in [-0.25, -0.2) is 9.37 Å². The first-order valence-corrected chi connectivity index (χ1v) is 16.4. The summed E-state index contributed by atoms with van der Waals surface area (Å²) in [6, 6.07) is 0. The summed E-state index contributed by atoms with van der Waals surface area (Å²) in [6.45, 7) is 17.2. The maximum atomic E-state index is 14.7. The highest BCUT2D eigenvalue weighted by atomic mass is 28.5. The third-order valence-corrected chi connectivity index (χ3v) is 17.7. The lowest BCUT2D eigenvalue weighted by atomic mass is 10.1. The van der Waals surface area contributed by atoms with Crippen LogP contribution < -0.4 is 5.56 Å². The molecular formula is C23H38FN3O6Si2. The molecule has 4 atom stereocenters. The predicted octanol–water partition coefficient (Wildman–Crippen LogP) is 4.08. The Morgan fingerprint density at radius 3 is 2.26 bits per heavy atom. The first kappa shape index (κ1) is 26.6. The van der Waals surface area contributed by atoms with Gasteiger partial charge in [-0.15, -0.1) is 0 Å². The van der Waals surface area contributed by atoms with Gasteiger partial charge in [0.05, 0.1) is 12.9 Å². The molecule has 2 fully saturated rings. The van der Waals surface area contributed by atoms with Gasteiger partial charge in [0.1, 0.15) is 23.7 Å². The molecule has 0 bridgehead atoms. The van der Waals surface area contributed by atoms with Crippen molar-refractivity contribution in [1.82, 2.24) is 14.5 Å². The zero-order valence-corrected chi connectivity index (χ0v) is 23.7. The van der Waals surface area contributed by atoms with Gasteiger partial charge in [-0.1, -0.05) is 55.4 Å². The van der Waals surface area contributed by atoms with E-state index in [1.165, 1.54) is 10.9 Å². The molecule has 12 heteroatoms. The lowest BCUT2D eigenvalue weighted by Gasteiger charge is -2.51. The van der Waals surface area contributed by atoms with E-state index < -0.39 is 53.0 Å². The SMILES string of the molecule is CC(C)[Si]1(C(C)C)OC[C@H]2O[C@@H](n3cc(F)c4c(=O)[nH]cnc43)[C@H](O)[C@@H]2O[Si](C(C)C)(C(C)C)O1. The number of aliphatic hydroxyl groups is 1. The number of H-pyrrole nitrogens is 1. The summed E-state index contributed by atoms with van der Waals surface area (Å²) >= 11 is 0. The number of hydrogen-bond acceptors (Lipinski definition) is 7. The van der Waals surface area contributed by atoms with Crippen molar-refractivity contribution >= 4 is 28.2 Å². The Labute approximate surface area is 207 Å². The van der Waals surface area contributed by atoms with E-state index >= 15 is 0 Å². The number of hydrogen-bond donors (Lipinski definition) is 2. The topological polar surface area (TPSA) is 108 Å². The molecule has 2 aliphatic rings. The minimum Gasteiger partial charge on any atom is -0.414 e. The van der Waals surface area contributed by atoms with Gasteiger partial charge in [0, 0.05) is 6.20 Å². The van der Waals surface area contributed by atoms with Crippen molar-refractivity contribution in [3.05, 3.63) is 28.7 Å². The fourth-order valence-corrected chi connectivity index (χ4v) is 16.8. The second-order valence-electron chi connectivity index (χ2n) is 10.9. The number of nitrogens with one attached hydrogen (secondary N) is 1. The molecule has 0 unspecified atom stereocenters. The smallest absolute Gasteiger partial charge is 0.335 e. The molecule has 0 aromatic carbocycles. The Kier molecular flexibility index (Phi) is 7.21. The van der Waals surface area contributed by atoms with Crippen LogP contribution in [0, 0.1) is 5.82 Å². The van der Waals surface area contributed by atoms with Crippen molar-refractivity contribution in [1.29, 1.82) is 0 Å². The number of aromatic amines is 1. The lowest BCUT2D eigenvalue weighted by molar-refractivity contribution is -0.0569. The molecule has 2 saturated heterocycles. The molecule has 35 heavy (non-hydrogen) atoms. The third kappa shape index (κ3) is 4.16. The number of nitrogens with zero attached hydrogens (tertiary/aromatic N) is 2. The van der Waals surface area contributed by atoms with Crippen LogP contribution in [-0.2, 0) is 17.7 Å². The van der Waals surface area contributed by atoms with Crippen molar-refractivity contribution in [3.63, 3.8) is 0 Å². The van der Waals surface area contributed by atoms with E-state index in [9.17, 15) is 14.3 Å². The number of ether oxygens (including phenoxy) is 1. The molecular weight excluding hydrogens is 489 g/mol. The van der Waals surface area contributed by atoms with E-state index in [1.54, 1.807) is 0 Å². The number of aliphatic hydroxyl groups excluding tert-OH is 1.